The molecule has 0 aliphatic carbocycles. The molecule has 1 heterocycles. The van der Waals surface area contributed by atoms with Gasteiger partial charge in [0.25, 0.3) is 0 Å². The summed E-state index contributed by atoms with van der Waals surface area (Å²) >= 11 is 0. The highest BCUT2D eigenvalue weighted by Gasteiger charge is 2.22. The van der Waals surface area contributed by atoms with Crippen LogP contribution in [0.2, 0.25) is 0 Å². The van der Waals surface area contributed by atoms with Crippen molar-refractivity contribution < 1.29 is 14.3 Å². The van der Waals surface area contributed by atoms with Gasteiger partial charge in [-0.15, -0.1) is 12.4 Å². The minimum absolute atomic E-state index is 0. The molecule has 1 unspecified atom stereocenters. The SMILES string of the molecule is Cl.NC(=O)CCN(Cc1ccccc1)C(=O)CC1CNCCO1. The van der Waals surface area contributed by atoms with Crippen LogP contribution in [-0.4, -0.2) is 49.1 Å². The molecule has 0 aromatic heterocycles. The molecule has 0 spiro atoms. The van der Waals surface area contributed by atoms with Crippen molar-refractivity contribution in [1.29, 1.82) is 0 Å². The molecule has 2 amide bonds. The van der Waals surface area contributed by atoms with Crippen LogP contribution in [0.1, 0.15) is 18.4 Å². The van der Waals surface area contributed by atoms with E-state index >= 15 is 0 Å². The normalized spacial score (nSPS) is 17.1. The Morgan fingerprint density at radius 1 is 1.30 bits per heavy atom. The highest BCUT2D eigenvalue weighted by atomic mass is 35.5. The number of nitrogens with two attached hydrogens (primary N) is 1. The van der Waals surface area contributed by atoms with Crippen LogP contribution < -0.4 is 11.1 Å². The van der Waals surface area contributed by atoms with Gasteiger partial charge in [-0.25, -0.2) is 0 Å². The summed E-state index contributed by atoms with van der Waals surface area (Å²) in [4.78, 5) is 25.2. The van der Waals surface area contributed by atoms with Gasteiger partial charge >= 0.3 is 0 Å². The number of benzene rings is 1. The number of hydrogen-bond donors (Lipinski definition) is 2. The Labute approximate surface area is 142 Å². The molecular weight excluding hydrogens is 318 g/mol. The van der Waals surface area contributed by atoms with Gasteiger partial charge in [0.05, 0.1) is 19.1 Å². The van der Waals surface area contributed by atoms with E-state index < -0.39 is 5.91 Å². The molecule has 0 saturated carbocycles. The van der Waals surface area contributed by atoms with Crippen molar-refractivity contribution in [3.05, 3.63) is 35.9 Å². The summed E-state index contributed by atoms with van der Waals surface area (Å²) in [5.41, 5.74) is 6.24. The van der Waals surface area contributed by atoms with Crippen LogP contribution in [0, 0.1) is 0 Å². The lowest BCUT2D eigenvalue weighted by atomic mass is 10.1. The van der Waals surface area contributed by atoms with Crippen molar-refractivity contribution in [1.82, 2.24) is 10.2 Å². The number of halogens is 1. The number of carbonyl (C=O) groups is 2. The van der Waals surface area contributed by atoms with Gasteiger partial charge in [0.15, 0.2) is 0 Å². The van der Waals surface area contributed by atoms with Crippen molar-refractivity contribution >= 4 is 24.2 Å². The maximum atomic E-state index is 12.5. The van der Waals surface area contributed by atoms with Gasteiger partial charge in [-0.3, -0.25) is 9.59 Å². The van der Waals surface area contributed by atoms with Crippen LogP contribution in [0.25, 0.3) is 0 Å². The van der Waals surface area contributed by atoms with Crippen molar-refractivity contribution in [3.63, 3.8) is 0 Å². The molecule has 1 aromatic rings. The maximum absolute atomic E-state index is 12.5. The van der Waals surface area contributed by atoms with Crippen LogP contribution in [-0.2, 0) is 20.9 Å². The van der Waals surface area contributed by atoms with E-state index in [1.807, 2.05) is 30.3 Å². The van der Waals surface area contributed by atoms with Gasteiger partial charge in [0.2, 0.25) is 11.8 Å². The number of ether oxygens (including phenoxy) is 1. The van der Waals surface area contributed by atoms with Crippen LogP contribution in [0.15, 0.2) is 30.3 Å². The first-order valence-corrected chi connectivity index (χ1v) is 7.57. The summed E-state index contributed by atoms with van der Waals surface area (Å²) in [7, 11) is 0. The number of rotatable bonds is 7. The summed E-state index contributed by atoms with van der Waals surface area (Å²) < 4.78 is 5.57. The Balaban J connectivity index is 0.00000264. The first-order chi connectivity index (χ1) is 10.6. The minimum atomic E-state index is -0.401. The average molecular weight is 342 g/mol. The second-order valence-electron chi connectivity index (χ2n) is 5.42. The molecule has 23 heavy (non-hydrogen) atoms. The molecule has 6 nitrogen and oxygen atoms in total. The van der Waals surface area contributed by atoms with Crippen molar-refractivity contribution in [3.8, 4) is 0 Å². The number of morpholine rings is 1. The van der Waals surface area contributed by atoms with E-state index in [9.17, 15) is 9.59 Å². The summed E-state index contributed by atoms with van der Waals surface area (Å²) in [6.07, 6.45) is 0.383. The molecule has 1 aliphatic heterocycles. The van der Waals surface area contributed by atoms with Gasteiger partial charge in [0.1, 0.15) is 0 Å². The predicted octanol–water partition coefficient (Wildman–Crippen LogP) is 0.691. The molecule has 1 saturated heterocycles. The number of nitrogens with zero attached hydrogens (tertiary/aromatic N) is 1. The maximum Gasteiger partial charge on any atom is 0.225 e. The smallest absolute Gasteiger partial charge is 0.225 e. The van der Waals surface area contributed by atoms with E-state index in [0.717, 1.165) is 12.1 Å². The molecule has 0 bridgehead atoms. The highest BCUT2D eigenvalue weighted by Crippen LogP contribution is 2.10. The van der Waals surface area contributed by atoms with Gasteiger partial charge in [-0.1, -0.05) is 30.3 Å². The highest BCUT2D eigenvalue weighted by molar-refractivity contribution is 5.85. The van der Waals surface area contributed by atoms with E-state index in [0.29, 0.717) is 32.7 Å². The summed E-state index contributed by atoms with van der Waals surface area (Å²) in [6.45, 7) is 2.94. The van der Waals surface area contributed by atoms with Gasteiger partial charge < -0.3 is 20.7 Å². The first-order valence-electron chi connectivity index (χ1n) is 7.57. The molecule has 3 N–H and O–H groups in total. The zero-order valence-corrected chi connectivity index (χ0v) is 13.9. The van der Waals surface area contributed by atoms with Crippen LogP contribution in [0.5, 0.6) is 0 Å². The molecule has 0 radical (unpaired) electrons. The molecule has 1 aliphatic rings. The molecule has 1 aromatic carbocycles. The molecule has 1 fully saturated rings. The fourth-order valence-corrected chi connectivity index (χ4v) is 2.42. The van der Waals surface area contributed by atoms with Crippen LogP contribution >= 0.6 is 12.4 Å². The first kappa shape index (κ1) is 19.4. The Hall–Kier alpha value is -1.63. The van der Waals surface area contributed by atoms with E-state index in [4.69, 9.17) is 10.5 Å². The molecular formula is C16H24ClN3O3. The third kappa shape index (κ3) is 6.99. The zero-order valence-electron chi connectivity index (χ0n) is 13.1. The quantitative estimate of drug-likeness (QED) is 0.764. The fraction of sp³-hybridized carbons (Fsp3) is 0.500. The lowest BCUT2D eigenvalue weighted by Crippen LogP contribution is -2.43. The topological polar surface area (TPSA) is 84.7 Å². The van der Waals surface area contributed by atoms with Crippen molar-refractivity contribution in [2.45, 2.75) is 25.5 Å². The molecule has 7 heteroatoms. The van der Waals surface area contributed by atoms with Crippen molar-refractivity contribution in [2.75, 3.05) is 26.2 Å². The van der Waals surface area contributed by atoms with E-state index in [1.165, 1.54) is 0 Å². The predicted molar refractivity (Wildman–Crippen MR) is 90.1 cm³/mol. The van der Waals surface area contributed by atoms with Crippen LogP contribution in [0.3, 0.4) is 0 Å². The van der Waals surface area contributed by atoms with Gasteiger partial charge in [0, 0.05) is 32.6 Å². The zero-order chi connectivity index (χ0) is 15.8. The standard InChI is InChI=1S/C16H23N3O3.ClH/c17-15(20)6-8-19(12-13-4-2-1-3-5-13)16(21)10-14-11-18-7-9-22-14;/h1-5,14,18H,6-12H2,(H2,17,20);1H. The summed E-state index contributed by atoms with van der Waals surface area (Å²) in [6, 6.07) is 9.72. The Morgan fingerprint density at radius 3 is 2.65 bits per heavy atom. The number of hydrogen-bond acceptors (Lipinski definition) is 4. The summed E-state index contributed by atoms with van der Waals surface area (Å²) in [5.74, 6) is -0.416. The van der Waals surface area contributed by atoms with Crippen LogP contribution in [0.4, 0.5) is 0 Å². The average Bonchev–Trinajstić information content (AvgIpc) is 2.53. The largest absolute Gasteiger partial charge is 0.375 e. The number of primary amides is 1. The molecule has 1 atom stereocenters. The number of amides is 2. The van der Waals surface area contributed by atoms with Gasteiger partial charge in [-0.05, 0) is 5.56 Å². The van der Waals surface area contributed by atoms with E-state index in [-0.39, 0.29) is 30.8 Å². The third-order valence-electron chi connectivity index (χ3n) is 3.60. The lowest BCUT2D eigenvalue weighted by molar-refractivity contribution is -0.135. The second kappa shape index (κ2) is 10.2. The third-order valence-corrected chi connectivity index (χ3v) is 3.60. The Kier molecular flexibility index (Phi) is 8.61. The Morgan fingerprint density at radius 2 is 2.04 bits per heavy atom. The van der Waals surface area contributed by atoms with Crippen molar-refractivity contribution in [2.24, 2.45) is 5.73 Å². The summed E-state index contributed by atoms with van der Waals surface area (Å²) in [5, 5.41) is 3.21. The number of carbonyl (C=O) groups excluding carboxylic acids is 2. The monoisotopic (exact) mass is 341 g/mol. The molecule has 128 valence electrons. The minimum Gasteiger partial charge on any atom is -0.375 e. The number of nitrogens with one attached hydrogen (secondary N) is 1. The fourth-order valence-electron chi connectivity index (χ4n) is 2.42. The van der Waals surface area contributed by atoms with E-state index in [1.54, 1.807) is 4.90 Å². The van der Waals surface area contributed by atoms with E-state index in [2.05, 4.69) is 5.32 Å². The van der Waals surface area contributed by atoms with Gasteiger partial charge in [-0.2, -0.15) is 0 Å². The molecule has 2 rings (SSSR count). The second-order valence-corrected chi connectivity index (χ2v) is 5.42. The Bertz CT molecular complexity index is 493. The lowest BCUT2D eigenvalue weighted by Gasteiger charge is -2.27.